The fourth-order valence-corrected chi connectivity index (χ4v) is 13.1. The number of hydrogen-bond donors (Lipinski definition) is 9. The average Bonchev–Trinajstić information content (AvgIpc) is 1.61. The molecule has 10 aliphatic rings. The number of nitrogens with zero attached hydrogens (tertiary/aromatic N) is 2. The van der Waals surface area contributed by atoms with Gasteiger partial charge in [0.15, 0.2) is 0 Å². The Bertz CT molecular complexity index is 3960. The van der Waals surface area contributed by atoms with Crippen molar-refractivity contribution < 1.29 is 118 Å². The summed E-state index contributed by atoms with van der Waals surface area (Å²) < 4.78 is 14.7. The van der Waals surface area contributed by atoms with Gasteiger partial charge in [-0.1, -0.05) is 14.1 Å². The van der Waals surface area contributed by atoms with E-state index in [4.69, 9.17) is 27.5 Å². The number of aldehydes is 1. The summed E-state index contributed by atoms with van der Waals surface area (Å²) >= 11 is 0. The van der Waals surface area contributed by atoms with Crippen LogP contribution in [0.25, 0.3) is 0 Å². The number of carboxylic acids is 2. The molecule has 0 saturated carbocycles. The van der Waals surface area contributed by atoms with Crippen LogP contribution in [0.5, 0.6) is 0 Å². The van der Waals surface area contributed by atoms with Crippen LogP contribution in [-0.2, 0) is 104 Å². The number of fused-ring (bicyclic) bond motifs is 7. The molecule has 3 fully saturated rings. The normalized spacial score (nSPS) is 19.9. The van der Waals surface area contributed by atoms with Gasteiger partial charge < -0.3 is 45.5 Å². The van der Waals surface area contributed by atoms with Crippen molar-refractivity contribution in [3.63, 3.8) is 0 Å². The third-order valence-electron chi connectivity index (χ3n) is 17.8. The Morgan fingerprint density at radius 2 is 0.790 bits per heavy atom. The number of aliphatic hydroxyl groups excluding tert-OH is 3. The van der Waals surface area contributed by atoms with E-state index in [-0.39, 0.29) is 117 Å². The summed E-state index contributed by atoms with van der Waals surface area (Å²) in [7, 11) is 2.25. The van der Waals surface area contributed by atoms with Crippen molar-refractivity contribution in [3.8, 4) is 0 Å². The topological polar surface area (TPSA) is 478 Å². The van der Waals surface area contributed by atoms with Gasteiger partial charge in [-0.25, -0.2) is 19.2 Å². The van der Waals surface area contributed by atoms with E-state index in [1.807, 2.05) is 0 Å². The van der Waals surface area contributed by atoms with E-state index >= 15 is 0 Å². The second-order valence-electron chi connectivity index (χ2n) is 24.7. The maximum atomic E-state index is 12.7. The first-order chi connectivity index (χ1) is 47.4. The van der Waals surface area contributed by atoms with Crippen molar-refractivity contribution >= 4 is 110 Å². The molecule has 10 N–H and O–H groups in total. The minimum atomic E-state index is -1.24. The molecule has 4 aromatic rings. The average molecular weight is 1400 g/mol. The summed E-state index contributed by atoms with van der Waals surface area (Å²) in [6.07, 6.45) is 7.46. The number of aliphatic hydroxyl groups is 3. The SMILES string of the molecule is C.CC(=O)OC(C)=O.NC1CCC(=O)NC1=O.O=C(O)c1cc2c(cc1C(=O)O)CC(CO)C2.O=C1CCC(N2C(=O)c3cc4c(cc3C2=O)CC(CO)C4)C(=O)N1.O=C1OC(=O)c2cc3c(cc21)CC(CO)C3.O=CC1Cc2cc3c(cc2C1)C(=O)N(C1CCC(=O)NC1=O)C3=O.[2H]CP. The Morgan fingerprint density at radius 3 is 1.04 bits per heavy atom. The molecule has 0 spiro atoms. The highest BCUT2D eigenvalue weighted by Crippen LogP contribution is 2.38. The number of hydrogen-bond acceptors (Lipinski definition) is 23. The van der Waals surface area contributed by atoms with E-state index in [1.54, 1.807) is 36.4 Å². The maximum absolute atomic E-state index is 12.7. The molecule has 0 bridgehead atoms. The maximum Gasteiger partial charge on any atom is 0.346 e. The Hall–Kier alpha value is -10.3. The Morgan fingerprint density at radius 1 is 0.510 bits per heavy atom. The van der Waals surface area contributed by atoms with E-state index in [0.29, 0.717) is 80.3 Å². The number of cyclic esters (lactones) is 2. The van der Waals surface area contributed by atoms with Crippen molar-refractivity contribution in [1.29, 1.82) is 0 Å². The number of amides is 10. The zero-order valence-electron chi connectivity index (χ0n) is 54.5. The second-order valence-corrected chi connectivity index (χ2v) is 24.7. The summed E-state index contributed by atoms with van der Waals surface area (Å²) in [5, 5.41) is 51.8. The fourth-order valence-electron chi connectivity index (χ4n) is 13.1. The van der Waals surface area contributed by atoms with Crippen molar-refractivity contribution in [2.24, 2.45) is 29.4 Å². The molecule has 4 aromatic carbocycles. The van der Waals surface area contributed by atoms with Gasteiger partial charge in [0.05, 0.1) is 50.5 Å². The smallest absolute Gasteiger partial charge is 0.346 e. The molecule has 4 atom stereocenters. The highest BCUT2D eigenvalue weighted by Gasteiger charge is 2.47. The number of nitrogens with one attached hydrogen (secondary N) is 3. The molecule has 10 amide bonds. The second kappa shape index (κ2) is 33.1. The van der Waals surface area contributed by atoms with Crippen molar-refractivity contribution in [2.75, 3.05) is 26.5 Å². The van der Waals surface area contributed by atoms with Crippen LogP contribution in [0.3, 0.4) is 0 Å². The number of imide groups is 5. The van der Waals surface area contributed by atoms with Crippen LogP contribution in [0.2, 0.25) is 0 Å². The van der Waals surface area contributed by atoms with E-state index in [9.17, 15) is 86.6 Å². The summed E-state index contributed by atoms with van der Waals surface area (Å²) in [6.45, 7) is 3.02. The summed E-state index contributed by atoms with van der Waals surface area (Å²) in [5.74, 6) is -9.01. The van der Waals surface area contributed by atoms with Crippen LogP contribution in [0.4, 0.5) is 0 Å². The van der Waals surface area contributed by atoms with E-state index in [0.717, 1.165) is 73.4 Å². The van der Waals surface area contributed by atoms with Gasteiger partial charge in [0.1, 0.15) is 18.4 Å². The summed E-state index contributed by atoms with van der Waals surface area (Å²) in [6, 6.07) is 10.7. The number of piperidine rings is 3. The van der Waals surface area contributed by atoms with Crippen molar-refractivity contribution in [1.82, 2.24) is 25.8 Å². The van der Waals surface area contributed by atoms with Crippen LogP contribution in [-0.4, -0.2) is 181 Å². The minimum absolute atomic E-state index is 0. The van der Waals surface area contributed by atoms with Crippen molar-refractivity contribution in [2.45, 2.75) is 129 Å². The molecule has 100 heavy (non-hydrogen) atoms. The van der Waals surface area contributed by atoms with E-state index < -0.39 is 95.3 Å². The van der Waals surface area contributed by atoms with Gasteiger partial charge in [0.2, 0.25) is 35.4 Å². The lowest BCUT2D eigenvalue weighted by Crippen LogP contribution is -2.54. The lowest BCUT2D eigenvalue weighted by molar-refractivity contribution is -0.156. The fraction of sp³-hybridized carbons (Fsp3) is 0.406. The number of carboxylic acid groups (broad SMARTS) is 2. The van der Waals surface area contributed by atoms with Gasteiger partial charge in [0, 0.05) is 60.2 Å². The summed E-state index contributed by atoms with van der Waals surface area (Å²) in [4.78, 5) is 195. The predicted octanol–water partition coefficient (Wildman–Crippen LogP) is 1.26. The van der Waals surface area contributed by atoms with Gasteiger partial charge in [0.25, 0.3) is 23.6 Å². The molecule has 3 saturated heterocycles. The zero-order chi connectivity index (χ0) is 73.3. The van der Waals surface area contributed by atoms with Gasteiger partial charge >= 0.3 is 35.8 Å². The first-order valence-corrected chi connectivity index (χ1v) is 32.1. The first kappa shape index (κ1) is 75.5. The molecule has 4 unspecified atom stereocenters. The molecule has 30 nitrogen and oxygen atoms in total. The van der Waals surface area contributed by atoms with Gasteiger partial charge in [-0.05, 0) is 181 Å². The van der Waals surface area contributed by atoms with Crippen LogP contribution in [0.15, 0.2) is 48.5 Å². The number of rotatable bonds is 8. The number of aromatic carboxylic acids is 2. The van der Waals surface area contributed by atoms with E-state index in [1.165, 1.54) is 26.0 Å². The molecule has 0 aromatic heterocycles. The Balaban J connectivity index is 0.000000175. The molecule has 4 aliphatic carbocycles. The van der Waals surface area contributed by atoms with Gasteiger partial charge in [-0.2, -0.15) is 0 Å². The molecule has 0 radical (unpaired) electrons. The number of esters is 4. The third-order valence-corrected chi connectivity index (χ3v) is 17.8. The first-order valence-electron chi connectivity index (χ1n) is 32.0. The lowest BCUT2D eigenvalue weighted by Gasteiger charge is -2.27. The summed E-state index contributed by atoms with van der Waals surface area (Å²) in [5.41, 5.74) is 14.3. The zero-order valence-corrected chi connectivity index (χ0v) is 54.7. The Kier molecular flexibility index (Phi) is 25.0. The highest BCUT2D eigenvalue weighted by atomic mass is 31.0. The number of carbonyl (C=O) groups is 17. The molecule has 6 heterocycles. The molecule has 31 heteroatoms. The molecule has 14 rings (SSSR count). The number of nitrogens with two attached hydrogens (primary N) is 1. The lowest BCUT2D eigenvalue weighted by atomic mass is 10.00. The largest absolute Gasteiger partial charge is 0.478 e. The standard InChI is InChI=1S/C17H16N2O5.C17H14N2O5.C12H12O5.C12H10O4.C5H8N2O2.C4H6O3.CH5P.CH4/c2*20-7-8-3-9-5-11-12(6-10(9)4-8)17(24)19(16(11)23)13-1-2-14(21)18-15(13)22;13-5-6-1-7-3-9(11(14)15)10(12(16)17)4-8(7)2-6;13-5-6-1-7-3-9-10(4-8(7)2-6)12(15)16-11(9)14;6-3-1-2-4(8)7-5(3)9;1-3(5)7-4(2)6;1-2;/h5-6,8,13,20H,1-4,7H2,(H,18,21,22);5-8,13H,1-4H2,(H,18,21,22);3-4,6,13H,1-2,5H2,(H,14,15)(H,16,17);3-4,6,13H,1-2,5H2;3H,1-2,6H2,(H,7,8,9);1-2H3;2H2,1H3;1H4/i;;;;;;1D;. The molecule has 6 aliphatic heterocycles. The quantitative estimate of drug-likeness (QED) is 0.0394. The highest BCUT2D eigenvalue weighted by molar-refractivity contribution is 7.15. The van der Waals surface area contributed by atoms with Crippen LogP contribution >= 0.6 is 9.24 Å². The van der Waals surface area contributed by atoms with Gasteiger partial charge in [-0.15, -0.1) is 9.24 Å². The molecule has 530 valence electrons. The number of ether oxygens (including phenoxy) is 2. The molecular formula is C69H75N6O24P. The molecular weight excluding hydrogens is 1330 g/mol. The van der Waals surface area contributed by atoms with Crippen LogP contribution in [0.1, 0.15) is 189 Å². The third kappa shape index (κ3) is 17.1. The minimum Gasteiger partial charge on any atom is -0.478 e. The van der Waals surface area contributed by atoms with Gasteiger partial charge in [-0.3, -0.25) is 83.3 Å². The van der Waals surface area contributed by atoms with Crippen molar-refractivity contribution in [3.05, 3.63) is 138 Å². The van der Waals surface area contributed by atoms with Crippen LogP contribution in [0, 0.1) is 23.7 Å². The predicted molar refractivity (Wildman–Crippen MR) is 349 cm³/mol. The van der Waals surface area contributed by atoms with E-state index in [2.05, 4.69) is 34.7 Å². The van der Waals surface area contributed by atoms with Crippen LogP contribution < -0.4 is 21.7 Å². The Labute approximate surface area is 574 Å². The number of carbonyl (C=O) groups excluding carboxylic acids is 15. The number of benzene rings is 4. The monoisotopic (exact) mass is 1400 g/mol.